The minimum atomic E-state index is -4.16. The highest BCUT2D eigenvalue weighted by molar-refractivity contribution is 7.92. The van der Waals surface area contributed by atoms with E-state index in [1.807, 2.05) is 0 Å². The second kappa shape index (κ2) is 6.69. The molecule has 0 aromatic heterocycles. The van der Waals surface area contributed by atoms with Crippen LogP contribution in [0, 0.1) is 10.1 Å². The van der Waals surface area contributed by atoms with Crippen LogP contribution >= 0.6 is 0 Å². The summed E-state index contributed by atoms with van der Waals surface area (Å²) in [5, 5.41) is 20.2. The van der Waals surface area contributed by atoms with E-state index in [1.54, 1.807) is 0 Å². The number of nitro groups is 1. The second-order valence-electron chi connectivity index (χ2n) is 4.94. The van der Waals surface area contributed by atoms with Crippen molar-refractivity contribution in [1.82, 2.24) is 0 Å². The van der Waals surface area contributed by atoms with Crippen LogP contribution in [-0.4, -0.2) is 32.6 Å². The Morgan fingerprint density at radius 1 is 1.04 bits per heavy atom. The molecule has 2 aromatic carbocycles. The molecule has 25 heavy (non-hydrogen) atoms. The Morgan fingerprint density at radius 2 is 1.60 bits per heavy atom. The first kappa shape index (κ1) is 18.7. The van der Waals surface area contributed by atoms with Gasteiger partial charge in [-0.3, -0.25) is 14.8 Å². The maximum absolute atomic E-state index is 12.3. The van der Waals surface area contributed by atoms with Gasteiger partial charge < -0.3 is 5.11 Å². The van der Waals surface area contributed by atoms with Gasteiger partial charge in [0.2, 0.25) is 0 Å². The van der Waals surface area contributed by atoms with E-state index in [2.05, 4.69) is 4.72 Å². The summed E-state index contributed by atoms with van der Waals surface area (Å²) in [4.78, 5) is 9.53. The van der Waals surface area contributed by atoms with Gasteiger partial charge in [-0.25, -0.2) is 16.8 Å². The van der Waals surface area contributed by atoms with Crippen LogP contribution in [0.3, 0.4) is 0 Å². The lowest BCUT2D eigenvalue weighted by Gasteiger charge is -2.09. The molecule has 134 valence electrons. The molecule has 2 aromatic rings. The van der Waals surface area contributed by atoms with Crippen LogP contribution in [0.2, 0.25) is 0 Å². The van der Waals surface area contributed by atoms with E-state index < -0.39 is 41.1 Å². The van der Waals surface area contributed by atoms with Gasteiger partial charge in [-0.2, -0.15) is 0 Å². The molecule has 0 aliphatic heterocycles. The number of nitrogens with zero attached hydrogens (tertiary/aromatic N) is 1. The van der Waals surface area contributed by atoms with Crippen molar-refractivity contribution >= 4 is 31.2 Å². The average molecular weight is 386 g/mol. The largest absolute Gasteiger partial charge is 0.502 e. The highest BCUT2D eigenvalue weighted by atomic mass is 32.2. The quantitative estimate of drug-likeness (QED) is 0.570. The minimum Gasteiger partial charge on any atom is -0.502 e. The number of sulfone groups is 1. The summed E-state index contributed by atoms with van der Waals surface area (Å²) in [5.41, 5.74) is -0.655. The van der Waals surface area contributed by atoms with Crippen LogP contribution in [0.25, 0.3) is 0 Å². The molecular formula is C14H14N2O7S2. The van der Waals surface area contributed by atoms with Gasteiger partial charge in [0.05, 0.1) is 20.5 Å². The number of benzene rings is 2. The number of hydrogen-bond acceptors (Lipinski definition) is 7. The van der Waals surface area contributed by atoms with E-state index in [0.29, 0.717) is 0 Å². The van der Waals surface area contributed by atoms with Crippen molar-refractivity contribution in [3.63, 3.8) is 0 Å². The average Bonchev–Trinajstić information content (AvgIpc) is 2.55. The zero-order valence-electron chi connectivity index (χ0n) is 12.9. The molecule has 2 N–H and O–H groups in total. The van der Waals surface area contributed by atoms with Crippen LogP contribution in [0.15, 0.2) is 52.3 Å². The van der Waals surface area contributed by atoms with Gasteiger partial charge in [0, 0.05) is 11.8 Å². The highest BCUT2D eigenvalue weighted by Crippen LogP contribution is 2.29. The topological polar surface area (TPSA) is 144 Å². The maximum Gasteiger partial charge on any atom is 0.312 e. The lowest BCUT2D eigenvalue weighted by molar-refractivity contribution is -0.386. The molecule has 9 nitrogen and oxygen atoms in total. The summed E-state index contributed by atoms with van der Waals surface area (Å²) in [6, 6.07) is 7.72. The number of sulfonamides is 1. The number of phenolic OH excluding ortho intramolecular Hbond substituents is 1. The summed E-state index contributed by atoms with van der Waals surface area (Å²) in [7, 11) is -7.57. The molecule has 0 aliphatic carbocycles. The number of nitrogens with one attached hydrogen (secondary N) is 1. The van der Waals surface area contributed by atoms with Crippen LogP contribution in [-0.2, 0) is 19.9 Å². The van der Waals surface area contributed by atoms with E-state index in [-0.39, 0.29) is 16.3 Å². The van der Waals surface area contributed by atoms with Crippen molar-refractivity contribution < 1.29 is 26.9 Å². The van der Waals surface area contributed by atoms with E-state index >= 15 is 0 Å². The molecule has 0 amide bonds. The monoisotopic (exact) mass is 386 g/mol. The summed E-state index contributed by atoms with van der Waals surface area (Å²) < 4.78 is 50.2. The number of hydrogen-bond donors (Lipinski definition) is 2. The molecule has 0 saturated heterocycles. The Kier molecular flexibility index (Phi) is 4.99. The van der Waals surface area contributed by atoms with E-state index in [0.717, 1.165) is 18.2 Å². The number of anilines is 1. The van der Waals surface area contributed by atoms with Crippen LogP contribution < -0.4 is 4.72 Å². The maximum atomic E-state index is 12.3. The molecule has 0 unspecified atom stereocenters. The minimum absolute atomic E-state index is 0.0539. The van der Waals surface area contributed by atoms with Gasteiger partial charge in [-0.05, 0) is 36.4 Å². The highest BCUT2D eigenvalue weighted by Gasteiger charge is 2.21. The normalized spacial score (nSPS) is 11.9. The number of aromatic hydroxyl groups is 1. The Bertz CT molecular complexity index is 1010. The third-order valence-electron chi connectivity index (χ3n) is 3.30. The third kappa shape index (κ3) is 4.06. The van der Waals surface area contributed by atoms with Crippen molar-refractivity contribution in [2.75, 3.05) is 10.5 Å². The van der Waals surface area contributed by atoms with Crippen LogP contribution in [0.4, 0.5) is 11.4 Å². The van der Waals surface area contributed by atoms with Crippen molar-refractivity contribution in [1.29, 1.82) is 0 Å². The zero-order chi connectivity index (χ0) is 18.8. The van der Waals surface area contributed by atoms with Gasteiger partial charge >= 0.3 is 5.69 Å². The first-order valence-electron chi connectivity index (χ1n) is 6.90. The van der Waals surface area contributed by atoms with Crippen molar-refractivity contribution in [2.24, 2.45) is 0 Å². The summed E-state index contributed by atoms with van der Waals surface area (Å²) >= 11 is 0. The molecular weight excluding hydrogens is 372 g/mol. The predicted molar refractivity (Wildman–Crippen MR) is 89.7 cm³/mol. The fourth-order valence-electron chi connectivity index (χ4n) is 1.93. The Balaban J connectivity index is 2.33. The van der Waals surface area contributed by atoms with Crippen LogP contribution in [0.5, 0.6) is 5.75 Å². The first-order chi connectivity index (χ1) is 11.6. The standard InChI is InChI=1S/C14H14N2O7S2/c1-2-24(20,21)11-5-3-10(4-6-11)15-25(22,23)12-7-8-14(17)13(9-12)16(18)19/h3-9,15,17H,2H2,1H3. The molecule has 0 radical (unpaired) electrons. The molecule has 0 aliphatic rings. The lowest BCUT2D eigenvalue weighted by Crippen LogP contribution is -2.13. The van der Waals surface area contributed by atoms with Gasteiger partial charge in [0.1, 0.15) is 0 Å². The van der Waals surface area contributed by atoms with Gasteiger partial charge in [-0.15, -0.1) is 0 Å². The van der Waals surface area contributed by atoms with E-state index in [1.165, 1.54) is 31.2 Å². The van der Waals surface area contributed by atoms with Crippen molar-refractivity contribution in [3.8, 4) is 5.75 Å². The number of nitro benzene ring substituents is 1. The van der Waals surface area contributed by atoms with Gasteiger partial charge in [0.15, 0.2) is 15.6 Å². The SMILES string of the molecule is CCS(=O)(=O)c1ccc(NS(=O)(=O)c2ccc(O)c([N+](=O)[O-])c2)cc1. The van der Waals surface area contributed by atoms with Crippen molar-refractivity contribution in [3.05, 3.63) is 52.6 Å². The zero-order valence-corrected chi connectivity index (χ0v) is 14.5. The van der Waals surface area contributed by atoms with Gasteiger partial charge in [-0.1, -0.05) is 6.92 Å². The molecule has 0 fully saturated rings. The smallest absolute Gasteiger partial charge is 0.312 e. The Labute approximate surface area is 144 Å². The molecule has 11 heteroatoms. The first-order valence-corrected chi connectivity index (χ1v) is 10.0. The molecule has 0 bridgehead atoms. The fourth-order valence-corrected chi connectivity index (χ4v) is 3.89. The Hall–Kier alpha value is -2.66. The Morgan fingerprint density at radius 3 is 2.12 bits per heavy atom. The molecule has 2 rings (SSSR count). The van der Waals surface area contributed by atoms with E-state index in [9.17, 15) is 32.1 Å². The third-order valence-corrected chi connectivity index (χ3v) is 6.43. The summed E-state index contributed by atoms with van der Waals surface area (Å²) in [5.74, 6) is -0.743. The number of phenols is 1. The fraction of sp³-hybridized carbons (Fsp3) is 0.143. The molecule has 0 spiro atoms. The molecule has 0 atom stereocenters. The second-order valence-corrected chi connectivity index (χ2v) is 8.90. The summed E-state index contributed by atoms with van der Waals surface area (Å²) in [6.07, 6.45) is 0. The molecule has 0 heterocycles. The van der Waals surface area contributed by atoms with Crippen molar-refractivity contribution in [2.45, 2.75) is 16.7 Å². The lowest BCUT2D eigenvalue weighted by atomic mass is 10.3. The molecule has 0 saturated carbocycles. The predicted octanol–water partition coefficient (Wildman–Crippen LogP) is 1.89. The van der Waals surface area contributed by atoms with Crippen LogP contribution in [0.1, 0.15) is 6.92 Å². The summed E-state index contributed by atoms with van der Waals surface area (Å²) in [6.45, 7) is 1.49. The van der Waals surface area contributed by atoms with E-state index in [4.69, 9.17) is 0 Å². The number of rotatable bonds is 6. The van der Waals surface area contributed by atoms with Gasteiger partial charge in [0.25, 0.3) is 10.0 Å².